The third-order valence-electron chi connectivity index (χ3n) is 2.69. The number of carbonyl (C=O) groups excluding carboxylic acids is 1. The Morgan fingerprint density at radius 2 is 2.00 bits per heavy atom. The second-order valence-corrected chi connectivity index (χ2v) is 7.15. The molecule has 0 spiro atoms. The summed E-state index contributed by atoms with van der Waals surface area (Å²) in [6, 6.07) is 8.74. The maximum absolute atomic E-state index is 12.1. The molecule has 0 radical (unpaired) electrons. The normalized spacial score (nSPS) is 11.3. The van der Waals surface area contributed by atoms with Crippen LogP contribution in [0.5, 0.6) is 0 Å². The number of benzene rings is 1. The fraction of sp³-hybridized carbons (Fsp3) is 0.0769. The number of carbonyl (C=O) groups is 1. The van der Waals surface area contributed by atoms with Gasteiger partial charge in [-0.3, -0.25) is 4.79 Å². The van der Waals surface area contributed by atoms with Crippen LogP contribution in [0.4, 0.5) is 5.13 Å². The van der Waals surface area contributed by atoms with E-state index in [9.17, 15) is 13.2 Å². The van der Waals surface area contributed by atoms with Crippen LogP contribution in [-0.4, -0.2) is 35.3 Å². The van der Waals surface area contributed by atoms with Crippen LogP contribution in [0, 0.1) is 0 Å². The van der Waals surface area contributed by atoms with Crippen LogP contribution < -0.4 is 5.32 Å². The molecule has 3 aromatic rings. The topological polar surface area (TPSA) is 115 Å². The second kappa shape index (κ2) is 6.26. The van der Waals surface area contributed by atoms with Gasteiger partial charge in [0.2, 0.25) is 21.6 Å². The number of anilines is 1. The molecular weight excluding hydrogens is 340 g/mol. The lowest BCUT2D eigenvalue weighted by Gasteiger charge is -2.00. The smallest absolute Gasteiger partial charge is 0.336 e. The van der Waals surface area contributed by atoms with Crippen molar-refractivity contribution in [3.63, 3.8) is 0 Å². The molecule has 118 valence electrons. The van der Waals surface area contributed by atoms with E-state index in [0.717, 1.165) is 0 Å². The molecule has 2 aromatic heterocycles. The highest BCUT2D eigenvalue weighted by molar-refractivity contribution is 7.91. The average Bonchev–Trinajstić information content (AvgIpc) is 3.18. The quantitative estimate of drug-likeness (QED) is 0.743. The van der Waals surface area contributed by atoms with Crippen molar-refractivity contribution < 1.29 is 17.6 Å². The Labute approximate surface area is 135 Å². The molecule has 1 N–H and O–H groups in total. The first-order valence-electron chi connectivity index (χ1n) is 6.35. The molecule has 3 rings (SSSR count). The predicted octanol–water partition coefficient (Wildman–Crippen LogP) is 1.61. The standard InChI is InChI=1S/C13H10N4O4S2/c18-10(15-12-14-6-7-22-12)8-23(19,20)13-17-16-11(21-13)9-4-2-1-3-5-9/h1-7H,8H2,(H,14,15,18). The summed E-state index contributed by atoms with van der Waals surface area (Å²) < 4.78 is 29.5. The highest BCUT2D eigenvalue weighted by Crippen LogP contribution is 2.20. The summed E-state index contributed by atoms with van der Waals surface area (Å²) in [7, 11) is -4.03. The Kier molecular flexibility index (Phi) is 4.17. The fourth-order valence-corrected chi connectivity index (χ4v) is 3.16. The van der Waals surface area contributed by atoms with Gasteiger partial charge in [-0.25, -0.2) is 13.4 Å². The number of thiazole rings is 1. The van der Waals surface area contributed by atoms with E-state index in [0.29, 0.717) is 10.7 Å². The Morgan fingerprint density at radius 3 is 2.70 bits per heavy atom. The number of aromatic nitrogens is 3. The third kappa shape index (κ3) is 3.60. The minimum atomic E-state index is -4.03. The lowest BCUT2D eigenvalue weighted by molar-refractivity contribution is -0.113. The van der Waals surface area contributed by atoms with Crippen LogP contribution in [0.2, 0.25) is 0 Å². The number of hydrogen-bond acceptors (Lipinski definition) is 8. The minimum Gasteiger partial charge on any atom is -0.408 e. The zero-order valence-electron chi connectivity index (χ0n) is 11.5. The molecule has 1 aromatic carbocycles. The predicted molar refractivity (Wildman–Crippen MR) is 82.5 cm³/mol. The average molecular weight is 350 g/mol. The van der Waals surface area contributed by atoms with Crippen molar-refractivity contribution in [1.29, 1.82) is 0 Å². The van der Waals surface area contributed by atoms with Crippen molar-refractivity contribution in [1.82, 2.24) is 15.2 Å². The zero-order valence-corrected chi connectivity index (χ0v) is 13.2. The van der Waals surface area contributed by atoms with Crippen molar-refractivity contribution in [2.75, 3.05) is 11.1 Å². The number of sulfone groups is 1. The molecule has 0 aliphatic carbocycles. The van der Waals surface area contributed by atoms with Crippen molar-refractivity contribution >= 4 is 32.2 Å². The maximum Gasteiger partial charge on any atom is 0.336 e. The van der Waals surface area contributed by atoms with E-state index in [2.05, 4.69) is 20.5 Å². The summed E-state index contributed by atoms with van der Waals surface area (Å²) in [6.45, 7) is 0. The van der Waals surface area contributed by atoms with Gasteiger partial charge < -0.3 is 9.73 Å². The highest BCUT2D eigenvalue weighted by Gasteiger charge is 2.26. The van der Waals surface area contributed by atoms with Gasteiger partial charge in [-0.1, -0.05) is 23.3 Å². The number of amides is 1. The Balaban J connectivity index is 1.75. The largest absolute Gasteiger partial charge is 0.408 e. The SMILES string of the molecule is O=C(CS(=O)(=O)c1nnc(-c2ccccc2)o1)Nc1nccs1. The van der Waals surface area contributed by atoms with Crippen LogP contribution >= 0.6 is 11.3 Å². The van der Waals surface area contributed by atoms with Gasteiger partial charge >= 0.3 is 5.22 Å². The molecule has 0 saturated heterocycles. The molecule has 0 bridgehead atoms. The number of hydrogen-bond donors (Lipinski definition) is 1. The molecule has 8 nitrogen and oxygen atoms in total. The molecule has 0 unspecified atom stereocenters. The molecule has 0 fully saturated rings. The summed E-state index contributed by atoms with van der Waals surface area (Å²) in [5.41, 5.74) is 0.591. The lowest BCUT2D eigenvalue weighted by atomic mass is 10.2. The summed E-state index contributed by atoms with van der Waals surface area (Å²) in [6.07, 6.45) is 1.50. The number of nitrogens with one attached hydrogen (secondary N) is 1. The Hall–Kier alpha value is -2.59. The van der Waals surface area contributed by atoms with E-state index in [1.165, 1.54) is 17.5 Å². The maximum atomic E-state index is 12.1. The number of rotatable bonds is 5. The second-order valence-electron chi connectivity index (χ2n) is 4.38. The highest BCUT2D eigenvalue weighted by atomic mass is 32.2. The Morgan fingerprint density at radius 1 is 1.22 bits per heavy atom. The van der Waals surface area contributed by atoms with E-state index >= 15 is 0 Å². The van der Waals surface area contributed by atoms with Crippen LogP contribution in [0.25, 0.3) is 11.5 Å². The van der Waals surface area contributed by atoms with Crippen molar-refractivity contribution in [2.45, 2.75) is 5.22 Å². The molecule has 0 saturated carbocycles. The number of nitrogens with zero attached hydrogens (tertiary/aromatic N) is 3. The van der Waals surface area contributed by atoms with Crippen molar-refractivity contribution in [2.24, 2.45) is 0 Å². The molecule has 23 heavy (non-hydrogen) atoms. The van der Waals surface area contributed by atoms with E-state index in [-0.39, 0.29) is 5.89 Å². The van der Waals surface area contributed by atoms with Crippen LogP contribution in [0.15, 0.2) is 51.5 Å². The van der Waals surface area contributed by atoms with Crippen molar-refractivity contribution in [3.8, 4) is 11.5 Å². The summed E-state index contributed by atoms with van der Waals surface area (Å²) >= 11 is 1.19. The first kappa shape index (κ1) is 15.3. The van der Waals surface area contributed by atoms with Crippen LogP contribution in [-0.2, 0) is 14.6 Å². The van der Waals surface area contributed by atoms with Crippen molar-refractivity contribution in [3.05, 3.63) is 41.9 Å². The molecule has 0 aliphatic rings. The third-order valence-corrected chi connectivity index (χ3v) is 4.72. The monoisotopic (exact) mass is 350 g/mol. The molecule has 0 aliphatic heterocycles. The van der Waals surface area contributed by atoms with E-state index in [4.69, 9.17) is 4.42 Å². The summed E-state index contributed by atoms with van der Waals surface area (Å²) in [5.74, 6) is -1.45. The summed E-state index contributed by atoms with van der Waals surface area (Å²) in [5, 5.41) is 11.0. The molecular formula is C13H10N4O4S2. The van der Waals surface area contributed by atoms with Gasteiger partial charge in [0.05, 0.1) is 0 Å². The van der Waals surface area contributed by atoms with E-state index in [1.54, 1.807) is 35.7 Å². The Bertz CT molecular complexity index is 905. The van der Waals surface area contributed by atoms with Gasteiger partial charge in [0.15, 0.2) is 5.13 Å². The fourth-order valence-electron chi connectivity index (χ4n) is 1.71. The van der Waals surface area contributed by atoms with E-state index < -0.39 is 26.7 Å². The van der Waals surface area contributed by atoms with Gasteiger partial charge in [0, 0.05) is 17.1 Å². The zero-order chi connectivity index (χ0) is 16.3. The van der Waals surface area contributed by atoms with Crippen LogP contribution in [0.1, 0.15) is 0 Å². The minimum absolute atomic E-state index is 0.0736. The molecule has 1 amide bonds. The molecule has 2 heterocycles. The lowest BCUT2D eigenvalue weighted by Crippen LogP contribution is -2.23. The molecule has 10 heteroatoms. The van der Waals surface area contributed by atoms with Crippen LogP contribution in [0.3, 0.4) is 0 Å². The van der Waals surface area contributed by atoms with Gasteiger partial charge in [0.25, 0.3) is 0 Å². The van der Waals surface area contributed by atoms with Gasteiger partial charge in [-0.05, 0) is 12.1 Å². The van der Waals surface area contributed by atoms with Gasteiger partial charge in [-0.15, -0.1) is 16.4 Å². The van der Waals surface area contributed by atoms with Gasteiger partial charge in [-0.2, -0.15) is 0 Å². The first-order valence-corrected chi connectivity index (χ1v) is 8.89. The van der Waals surface area contributed by atoms with Gasteiger partial charge in [0.1, 0.15) is 5.75 Å². The first-order chi connectivity index (χ1) is 11.0. The summed E-state index contributed by atoms with van der Waals surface area (Å²) in [4.78, 5) is 15.6. The van der Waals surface area contributed by atoms with E-state index in [1.807, 2.05) is 0 Å². The molecule has 0 atom stereocenters.